The van der Waals surface area contributed by atoms with Gasteiger partial charge in [-0.15, -0.1) is 0 Å². The average molecular weight is 303 g/mol. The number of aliphatic hydroxyl groups excluding tert-OH is 3. The Hall–Kier alpha value is -0.990. The molecule has 1 aromatic carbocycles. The molecule has 0 heterocycles. The van der Waals surface area contributed by atoms with E-state index in [0.717, 1.165) is 5.56 Å². The molecule has 114 valence electrons. The summed E-state index contributed by atoms with van der Waals surface area (Å²) < 4.78 is 26.4. The van der Waals surface area contributed by atoms with Gasteiger partial charge in [0.05, 0.1) is 17.1 Å². The van der Waals surface area contributed by atoms with Crippen LogP contribution in [0.3, 0.4) is 0 Å². The van der Waals surface area contributed by atoms with Gasteiger partial charge < -0.3 is 15.3 Å². The van der Waals surface area contributed by atoms with Crippen molar-refractivity contribution in [1.29, 1.82) is 0 Å². The summed E-state index contributed by atoms with van der Waals surface area (Å²) in [6.07, 6.45) is -3.99. The number of sulfonamides is 1. The molecule has 0 spiro atoms. The Morgan fingerprint density at radius 1 is 1.00 bits per heavy atom. The van der Waals surface area contributed by atoms with Crippen LogP contribution >= 0.6 is 0 Å². The highest BCUT2D eigenvalue weighted by atomic mass is 32.2. The third kappa shape index (κ3) is 4.26. The normalized spacial score (nSPS) is 18.3. The van der Waals surface area contributed by atoms with E-state index < -0.39 is 34.4 Å². The molecule has 0 aliphatic heterocycles. The summed E-state index contributed by atoms with van der Waals surface area (Å²) in [5.41, 5.74) is 0.932. The highest BCUT2D eigenvalue weighted by Crippen LogP contribution is 2.12. The van der Waals surface area contributed by atoms with Crippen LogP contribution in [0.25, 0.3) is 0 Å². The van der Waals surface area contributed by atoms with Gasteiger partial charge in [-0.3, -0.25) is 0 Å². The zero-order chi connectivity index (χ0) is 15.5. The first kappa shape index (κ1) is 17.1. The lowest BCUT2D eigenvalue weighted by molar-refractivity contribution is -0.0605. The SMILES string of the molecule is Cc1ccc(S(=O)(=O)N[C@@H](C)[C@H](O)[C@@H](O)[C@@H](C)O)cc1. The molecule has 0 unspecified atom stereocenters. The Balaban J connectivity index is 2.83. The van der Waals surface area contributed by atoms with E-state index in [4.69, 9.17) is 0 Å². The Morgan fingerprint density at radius 2 is 1.50 bits per heavy atom. The van der Waals surface area contributed by atoms with Gasteiger partial charge in [0.25, 0.3) is 0 Å². The minimum absolute atomic E-state index is 0.0775. The molecule has 6 nitrogen and oxygen atoms in total. The minimum Gasteiger partial charge on any atom is -0.391 e. The molecule has 0 saturated carbocycles. The maximum atomic E-state index is 12.1. The molecule has 1 rings (SSSR count). The molecule has 0 fully saturated rings. The van der Waals surface area contributed by atoms with Gasteiger partial charge >= 0.3 is 0 Å². The van der Waals surface area contributed by atoms with E-state index in [9.17, 15) is 23.7 Å². The van der Waals surface area contributed by atoms with Gasteiger partial charge in [-0.1, -0.05) is 17.7 Å². The van der Waals surface area contributed by atoms with Crippen LogP contribution in [-0.4, -0.2) is 48.1 Å². The van der Waals surface area contributed by atoms with Crippen molar-refractivity contribution in [1.82, 2.24) is 4.72 Å². The zero-order valence-corrected chi connectivity index (χ0v) is 12.5. The van der Waals surface area contributed by atoms with Crippen molar-refractivity contribution in [3.05, 3.63) is 29.8 Å². The highest BCUT2D eigenvalue weighted by molar-refractivity contribution is 7.89. The Kier molecular flexibility index (Phi) is 5.67. The second kappa shape index (κ2) is 6.64. The van der Waals surface area contributed by atoms with Crippen LogP contribution in [0.2, 0.25) is 0 Å². The first-order chi connectivity index (χ1) is 9.15. The third-order valence-electron chi connectivity index (χ3n) is 3.03. The summed E-state index contributed by atoms with van der Waals surface area (Å²) >= 11 is 0. The van der Waals surface area contributed by atoms with Gasteiger partial charge in [0.1, 0.15) is 6.10 Å². The molecule has 0 aliphatic carbocycles. The molecule has 4 N–H and O–H groups in total. The monoisotopic (exact) mass is 303 g/mol. The fourth-order valence-corrected chi connectivity index (χ4v) is 2.94. The van der Waals surface area contributed by atoms with Crippen LogP contribution in [0.5, 0.6) is 0 Å². The Morgan fingerprint density at radius 3 is 1.95 bits per heavy atom. The van der Waals surface area contributed by atoms with Gasteiger partial charge in [0, 0.05) is 6.04 Å². The molecular weight excluding hydrogens is 282 g/mol. The van der Waals surface area contributed by atoms with Gasteiger partial charge in [-0.2, -0.15) is 0 Å². The molecule has 0 aliphatic rings. The number of nitrogens with one attached hydrogen (secondary N) is 1. The van der Waals surface area contributed by atoms with Crippen LogP contribution in [0.4, 0.5) is 0 Å². The molecule has 0 amide bonds. The van der Waals surface area contributed by atoms with Crippen LogP contribution in [0.15, 0.2) is 29.2 Å². The number of aliphatic hydroxyl groups is 3. The quantitative estimate of drug-likeness (QED) is 0.580. The predicted molar refractivity (Wildman–Crippen MR) is 74.7 cm³/mol. The molecule has 7 heteroatoms. The predicted octanol–water partition coefficient (Wildman–Crippen LogP) is -0.236. The van der Waals surface area contributed by atoms with E-state index in [0.29, 0.717) is 0 Å². The van der Waals surface area contributed by atoms with Crippen LogP contribution in [0.1, 0.15) is 19.4 Å². The first-order valence-electron chi connectivity index (χ1n) is 6.28. The summed E-state index contributed by atoms with van der Waals surface area (Å²) in [4.78, 5) is 0.0775. The van der Waals surface area contributed by atoms with E-state index in [1.54, 1.807) is 12.1 Å². The van der Waals surface area contributed by atoms with Gasteiger partial charge in [-0.25, -0.2) is 13.1 Å². The summed E-state index contributed by atoms with van der Waals surface area (Å²) in [5, 5.41) is 28.5. The fraction of sp³-hybridized carbons (Fsp3) is 0.538. The Bertz CT molecular complexity index is 526. The van der Waals surface area contributed by atoms with Crippen molar-refractivity contribution >= 4 is 10.0 Å². The maximum absolute atomic E-state index is 12.1. The fourth-order valence-electron chi connectivity index (χ4n) is 1.68. The van der Waals surface area contributed by atoms with E-state index in [-0.39, 0.29) is 4.90 Å². The standard InChI is InChI=1S/C13H21NO5S/c1-8-4-6-11(7-5-8)20(18,19)14-9(2)12(16)13(17)10(3)15/h4-7,9-10,12-17H,1-3H3/t9-,10+,12-,13-/m0/s1. The topological polar surface area (TPSA) is 107 Å². The van der Waals surface area contributed by atoms with E-state index in [2.05, 4.69) is 4.72 Å². The zero-order valence-electron chi connectivity index (χ0n) is 11.7. The Labute approximate surface area is 119 Å². The summed E-state index contributed by atoms with van der Waals surface area (Å²) in [6.45, 7) is 4.58. The summed E-state index contributed by atoms with van der Waals surface area (Å²) in [6, 6.07) is 5.32. The van der Waals surface area contributed by atoms with Gasteiger partial charge in [0.15, 0.2) is 0 Å². The van der Waals surface area contributed by atoms with Crippen LogP contribution < -0.4 is 4.72 Å². The lowest BCUT2D eigenvalue weighted by Crippen LogP contribution is -2.49. The van der Waals surface area contributed by atoms with E-state index in [1.165, 1.54) is 26.0 Å². The second-order valence-corrected chi connectivity index (χ2v) is 6.66. The lowest BCUT2D eigenvalue weighted by Gasteiger charge is -2.26. The summed E-state index contributed by atoms with van der Waals surface area (Å²) in [5.74, 6) is 0. The number of aryl methyl sites for hydroxylation is 1. The van der Waals surface area contributed by atoms with Crippen LogP contribution in [0, 0.1) is 6.92 Å². The van der Waals surface area contributed by atoms with Crippen molar-refractivity contribution in [3.8, 4) is 0 Å². The lowest BCUT2D eigenvalue weighted by atomic mass is 10.0. The molecule has 0 bridgehead atoms. The second-order valence-electron chi connectivity index (χ2n) is 4.94. The number of hydrogen-bond donors (Lipinski definition) is 4. The summed E-state index contributed by atoms with van der Waals surface area (Å²) in [7, 11) is -3.78. The molecule has 4 atom stereocenters. The van der Waals surface area contributed by atoms with E-state index in [1.807, 2.05) is 6.92 Å². The number of hydrogen-bond acceptors (Lipinski definition) is 5. The molecule has 0 saturated heterocycles. The van der Waals surface area contributed by atoms with Crippen molar-refractivity contribution in [2.45, 2.75) is 50.0 Å². The molecule has 0 radical (unpaired) electrons. The largest absolute Gasteiger partial charge is 0.391 e. The van der Waals surface area contributed by atoms with Crippen molar-refractivity contribution in [2.75, 3.05) is 0 Å². The van der Waals surface area contributed by atoms with Gasteiger partial charge in [-0.05, 0) is 32.9 Å². The maximum Gasteiger partial charge on any atom is 0.240 e. The van der Waals surface area contributed by atoms with Gasteiger partial charge in [0.2, 0.25) is 10.0 Å². The molecule has 0 aromatic heterocycles. The van der Waals surface area contributed by atoms with Crippen molar-refractivity contribution < 1.29 is 23.7 Å². The van der Waals surface area contributed by atoms with Crippen molar-refractivity contribution in [2.24, 2.45) is 0 Å². The third-order valence-corrected chi connectivity index (χ3v) is 4.60. The minimum atomic E-state index is -3.78. The smallest absolute Gasteiger partial charge is 0.240 e. The highest BCUT2D eigenvalue weighted by Gasteiger charge is 2.29. The number of rotatable bonds is 6. The van der Waals surface area contributed by atoms with Crippen LogP contribution in [-0.2, 0) is 10.0 Å². The number of benzene rings is 1. The first-order valence-corrected chi connectivity index (χ1v) is 7.76. The average Bonchev–Trinajstić information content (AvgIpc) is 2.36. The molecular formula is C13H21NO5S. The van der Waals surface area contributed by atoms with E-state index >= 15 is 0 Å². The molecule has 1 aromatic rings. The molecule has 20 heavy (non-hydrogen) atoms. The van der Waals surface area contributed by atoms with Crippen molar-refractivity contribution in [3.63, 3.8) is 0 Å².